The Bertz CT molecular complexity index is 3930. The zero-order chi connectivity index (χ0) is 38.1. The Morgan fingerprint density at radius 1 is 0.288 bits per heavy atom. The third-order valence-corrected chi connectivity index (χ3v) is 13.7. The van der Waals surface area contributed by atoms with Gasteiger partial charge in [-0.05, 0) is 77.1 Å². The number of hydrogen-bond acceptors (Lipinski definition) is 2. The average molecular weight is 747 g/mol. The Morgan fingerprint density at radius 2 is 0.797 bits per heavy atom. The first-order valence-electron chi connectivity index (χ1n) is 20.6. The van der Waals surface area contributed by atoms with Gasteiger partial charge in [-0.15, -0.1) is 0 Å². The molecule has 6 heterocycles. The lowest BCUT2D eigenvalue weighted by Gasteiger charge is -2.44. The smallest absolute Gasteiger partial charge is 0.252 e. The minimum Gasteiger partial charge on any atom is -0.311 e. The minimum atomic E-state index is 0.0384. The predicted octanol–water partition coefficient (Wildman–Crippen LogP) is 12.1. The van der Waals surface area contributed by atoms with E-state index in [0.29, 0.717) is 0 Å². The van der Waals surface area contributed by atoms with E-state index in [-0.39, 0.29) is 6.71 Å². The van der Waals surface area contributed by atoms with Crippen molar-refractivity contribution in [3.63, 3.8) is 0 Å². The van der Waals surface area contributed by atoms with Gasteiger partial charge in [0, 0.05) is 77.2 Å². The van der Waals surface area contributed by atoms with Crippen LogP contribution in [0.15, 0.2) is 188 Å². The van der Waals surface area contributed by atoms with Gasteiger partial charge >= 0.3 is 0 Å². The molecule has 0 unspecified atom stereocenters. The maximum absolute atomic E-state index is 2.53. The second kappa shape index (κ2) is 10.6. The molecule has 15 rings (SSSR count). The summed E-state index contributed by atoms with van der Waals surface area (Å²) in [5.74, 6) is 0. The molecular weight excluding hydrogens is 715 g/mol. The van der Waals surface area contributed by atoms with Crippen LogP contribution in [-0.2, 0) is 0 Å². The molecule has 0 bridgehead atoms. The van der Waals surface area contributed by atoms with Crippen LogP contribution in [0.2, 0.25) is 0 Å². The van der Waals surface area contributed by atoms with Crippen molar-refractivity contribution in [1.29, 1.82) is 0 Å². The van der Waals surface area contributed by atoms with Crippen molar-refractivity contribution in [3.8, 4) is 0 Å². The predicted molar refractivity (Wildman–Crippen MR) is 250 cm³/mol. The molecule has 0 amide bonds. The molecule has 2 aliphatic rings. The molecule has 270 valence electrons. The molecule has 4 aromatic heterocycles. The minimum absolute atomic E-state index is 0.0384. The summed E-state index contributed by atoms with van der Waals surface area (Å²) in [6, 6.07) is 70.4. The van der Waals surface area contributed by atoms with Crippen molar-refractivity contribution in [3.05, 3.63) is 188 Å². The second-order valence-corrected chi connectivity index (χ2v) is 16.4. The van der Waals surface area contributed by atoms with Crippen LogP contribution < -0.4 is 26.2 Å². The van der Waals surface area contributed by atoms with Gasteiger partial charge in [0.1, 0.15) is 0 Å². The number of nitrogens with zero attached hydrogens (tertiary/aromatic N) is 4. The van der Waals surface area contributed by atoms with E-state index < -0.39 is 0 Å². The molecule has 9 aromatic carbocycles. The molecular formula is C54H31BN4. The van der Waals surface area contributed by atoms with Crippen molar-refractivity contribution in [1.82, 2.24) is 8.80 Å². The van der Waals surface area contributed by atoms with Crippen LogP contribution >= 0.6 is 0 Å². The molecule has 2 aliphatic heterocycles. The fourth-order valence-corrected chi connectivity index (χ4v) is 11.5. The maximum Gasteiger partial charge on any atom is 0.252 e. The van der Waals surface area contributed by atoms with Gasteiger partial charge in [0.25, 0.3) is 6.71 Å². The maximum atomic E-state index is 2.53. The van der Waals surface area contributed by atoms with E-state index in [1.165, 1.54) is 115 Å². The highest BCUT2D eigenvalue weighted by molar-refractivity contribution is 7.00. The van der Waals surface area contributed by atoms with Crippen molar-refractivity contribution >= 4 is 133 Å². The van der Waals surface area contributed by atoms with Gasteiger partial charge < -0.3 is 18.6 Å². The summed E-state index contributed by atoms with van der Waals surface area (Å²) in [4.78, 5) is 5.04. The van der Waals surface area contributed by atoms with E-state index in [0.717, 1.165) is 11.4 Å². The first kappa shape index (κ1) is 30.4. The molecule has 0 fully saturated rings. The first-order chi connectivity index (χ1) is 29.3. The lowest BCUT2D eigenvalue weighted by atomic mass is 9.33. The van der Waals surface area contributed by atoms with E-state index in [9.17, 15) is 0 Å². The summed E-state index contributed by atoms with van der Waals surface area (Å²) in [5.41, 5.74) is 18.8. The zero-order valence-electron chi connectivity index (χ0n) is 31.8. The Balaban J connectivity index is 1.04. The summed E-state index contributed by atoms with van der Waals surface area (Å²) in [5, 5.41) is 10.4. The third-order valence-electron chi connectivity index (χ3n) is 13.7. The number of anilines is 6. The Labute approximate surface area is 338 Å². The molecule has 59 heavy (non-hydrogen) atoms. The van der Waals surface area contributed by atoms with Crippen LogP contribution in [0.3, 0.4) is 0 Å². The van der Waals surface area contributed by atoms with Gasteiger partial charge in [0.05, 0.1) is 33.1 Å². The van der Waals surface area contributed by atoms with Crippen LogP contribution in [0.25, 0.3) is 76.2 Å². The Hall–Kier alpha value is -7.76. The molecule has 0 N–H and O–H groups in total. The highest BCUT2D eigenvalue weighted by atomic mass is 15.2. The number of benzene rings is 9. The molecule has 0 saturated carbocycles. The number of aromatic nitrogens is 2. The fraction of sp³-hybridized carbons (Fsp3) is 0. The lowest BCUT2D eigenvalue weighted by Crippen LogP contribution is -2.61. The molecule has 0 spiro atoms. The number of hydrogen-bond donors (Lipinski definition) is 0. The zero-order valence-corrected chi connectivity index (χ0v) is 31.8. The van der Waals surface area contributed by atoms with E-state index in [1.807, 2.05) is 0 Å². The summed E-state index contributed by atoms with van der Waals surface area (Å²) in [6.45, 7) is 0.0384. The quantitative estimate of drug-likeness (QED) is 0.164. The summed E-state index contributed by atoms with van der Waals surface area (Å²) in [6.07, 6.45) is 0. The summed E-state index contributed by atoms with van der Waals surface area (Å²) >= 11 is 0. The van der Waals surface area contributed by atoms with Crippen molar-refractivity contribution < 1.29 is 0 Å². The Morgan fingerprint density at radius 3 is 1.49 bits per heavy atom. The molecule has 13 aromatic rings. The van der Waals surface area contributed by atoms with Gasteiger partial charge in [-0.25, -0.2) is 0 Å². The van der Waals surface area contributed by atoms with Gasteiger partial charge in [-0.1, -0.05) is 127 Å². The molecule has 0 radical (unpaired) electrons. The van der Waals surface area contributed by atoms with Crippen LogP contribution in [-0.4, -0.2) is 15.5 Å². The van der Waals surface area contributed by atoms with Gasteiger partial charge in [0.2, 0.25) is 0 Å². The highest BCUT2D eigenvalue weighted by Gasteiger charge is 2.43. The molecule has 4 nitrogen and oxygen atoms in total. The Kier molecular flexibility index (Phi) is 5.46. The van der Waals surface area contributed by atoms with Crippen LogP contribution in [0, 0.1) is 0 Å². The third kappa shape index (κ3) is 3.60. The molecule has 0 atom stereocenters. The standard InChI is InChI=1S/C54H31BN4/c1-2-13-32(14-3-1)56-47-25-12-26-48-52(47)55(43-30-41-40-20-11-18-38-35-16-5-8-23-45(35)59(54(38)40)50(41)31-51(43)56)42-21-6-9-24-46(42)57(48)33-27-28-36-39-19-10-17-37-34-15-4-7-22-44(34)58(53(37)39)49(36)29-33/h1-31H. The SMILES string of the molecule is c1ccc(N2c3cc4c(cc3B3c5ccccc5N(c5ccc6c7cccc8c9ccccc9n(c6c5)c87)c5cccc2c53)c2cccc3c5ccccc5n4c32)cc1. The normalized spacial score (nSPS) is 13.7. The van der Waals surface area contributed by atoms with Gasteiger partial charge in [-0.3, -0.25) is 0 Å². The van der Waals surface area contributed by atoms with E-state index in [2.05, 4.69) is 207 Å². The summed E-state index contributed by atoms with van der Waals surface area (Å²) < 4.78 is 5.00. The summed E-state index contributed by atoms with van der Waals surface area (Å²) in [7, 11) is 0. The number of rotatable bonds is 2. The van der Waals surface area contributed by atoms with Gasteiger partial charge in [0.15, 0.2) is 0 Å². The van der Waals surface area contributed by atoms with Crippen molar-refractivity contribution in [2.45, 2.75) is 0 Å². The fourth-order valence-electron chi connectivity index (χ4n) is 11.5. The average Bonchev–Trinajstić information content (AvgIpc) is 4.02. The van der Waals surface area contributed by atoms with Crippen LogP contribution in [0.1, 0.15) is 0 Å². The van der Waals surface area contributed by atoms with Gasteiger partial charge in [-0.2, -0.15) is 0 Å². The van der Waals surface area contributed by atoms with Crippen molar-refractivity contribution in [2.75, 3.05) is 9.80 Å². The highest BCUT2D eigenvalue weighted by Crippen LogP contribution is 2.48. The second-order valence-electron chi connectivity index (χ2n) is 16.4. The largest absolute Gasteiger partial charge is 0.311 e. The monoisotopic (exact) mass is 746 g/mol. The number of fused-ring (bicyclic) bond motifs is 16. The first-order valence-corrected chi connectivity index (χ1v) is 20.6. The molecule has 0 aliphatic carbocycles. The van der Waals surface area contributed by atoms with Crippen LogP contribution in [0.4, 0.5) is 34.1 Å². The molecule has 5 heteroatoms. The van der Waals surface area contributed by atoms with E-state index in [1.54, 1.807) is 0 Å². The number of para-hydroxylation sites is 6. The van der Waals surface area contributed by atoms with Crippen molar-refractivity contribution in [2.24, 2.45) is 0 Å². The molecule has 0 saturated heterocycles. The topological polar surface area (TPSA) is 15.3 Å². The van der Waals surface area contributed by atoms with Crippen LogP contribution in [0.5, 0.6) is 0 Å². The van der Waals surface area contributed by atoms with E-state index in [4.69, 9.17) is 0 Å². The lowest BCUT2D eigenvalue weighted by molar-refractivity contribution is 1.25. The van der Waals surface area contributed by atoms with E-state index >= 15 is 0 Å².